The lowest BCUT2D eigenvalue weighted by atomic mass is 9.95. The first-order valence-corrected chi connectivity index (χ1v) is 6.18. The van der Waals surface area contributed by atoms with E-state index in [1.807, 2.05) is 19.1 Å². The van der Waals surface area contributed by atoms with E-state index in [2.05, 4.69) is 10.2 Å². The second-order valence-corrected chi connectivity index (χ2v) is 5.02. The van der Waals surface area contributed by atoms with Gasteiger partial charge in [-0.25, -0.2) is 0 Å². The minimum atomic E-state index is -4.13. The molecule has 1 aliphatic heterocycles. The van der Waals surface area contributed by atoms with Gasteiger partial charge in [0.05, 0.1) is 12.1 Å². The SMILES string of the molecule is Cc1[nH]nc2ccc3c(c12)CCN(CC(F)(F)F)C3. The fourth-order valence-corrected chi connectivity index (χ4v) is 2.80. The van der Waals surface area contributed by atoms with Crippen LogP contribution >= 0.6 is 0 Å². The predicted octanol–water partition coefficient (Wildman–Crippen LogP) is 2.79. The molecule has 0 atom stereocenters. The van der Waals surface area contributed by atoms with Crippen molar-refractivity contribution in [1.29, 1.82) is 0 Å². The van der Waals surface area contributed by atoms with Crippen LogP contribution in [0.5, 0.6) is 0 Å². The van der Waals surface area contributed by atoms with Crippen LogP contribution in [-0.2, 0) is 13.0 Å². The molecular formula is C13H14F3N3. The number of alkyl halides is 3. The van der Waals surface area contributed by atoms with Crippen molar-refractivity contribution in [2.75, 3.05) is 13.1 Å². The molecule has 0 unspecified atom stereocenters. The first-order valence-electron chi connectivity index (χ1n) is 6.18. The van der Waals surface area contributed by atoms with Gasteiger partial charge < -0.3 is 0 Å². The highest BCUT2D eigenvalue weighted by molar-refractivity contribution is 5.86. The summed E-state index contributed by atoms with van der Waals surface area (Å²) in [5.41, 5.74) is 3.99. The van der Waals surface area contributed by atoms with Gasteiger partial charge in [-0.3, -0.25) is 10.00 Å². The number of aryl methyl sites for hydroxylation is 1. The van der Waals surface area contributed by atoms with Gasteiger partial charge in [0.25, 0.3) is 0 Å². The Morgan fingerprint density at radius 2 is 2.16 bits per heavy atom. The maximum absolute atomic E-state index is 12.4. The molecule has 0 aliphatic carbocycles. The third-order valence-corrected chi connectivity index (χ3v) is 3.58. The van der Waals surface area contributed by atoms with Crippen molar-refractivity contribution < 1.29 is 13.2 Å². The van der Waals surface area contributed by atoms with Gasteiger partial charge in [-0.2, -0.15) is 18.3 Å². The van der Waals surface area contributed by atoms with E-state index in [0.717, 1.165) is 27.7 Å². The summed E-state index contributed by atoms with van der Waals surface area (Å²) in [6.45, 7) is 1.90. The Kier molecular flexibility index (Phi) is 2.78. The van der Waals surface area contributed by atoms with Gasteiger partial charge in [0.1, 0.15) is 0 Å². The summed E-state index contributed by atoms with van der Waals surface area (Å²) in [7, 11) is 0. The molecular weight excluding hydrogens is 255 g/mol. The molecule has 1 aromatic carbocycles. The van der Waals surface area contributed by atoms with Gasteiger partial charge in [-0.1, -0.05) is 6.07 Å². The van der Waals surface area contributed by atoms with Gasteiger partial charge in [-0.05, 0) is 30.5 Å². The zero-order chi connectivity index (χ0) is 13.6. The summed E-state index contributed by atoms with van der Waals surface area (Å²) in [6.07, 6.45) is -3.49. The molecule has 2 heterocycles. The van der Waals surface area contributed by atoms with Crippen molar-refractivity contribution in [1.82, 2.24) is 15.1 Å². The van der Waals surface area contributed by atoms with E-state index in [1.165, 1.54) is 4.90 Å². The van der Waals surface area contributed by atoms with Crippen molar-refractivity contribution in [3.05, 3.63) is 29.0 Å². The smallest absolute Gasteiger partial charge is 0.290 e. The monoisotopic (exact) mass is 269 g/mol. The Morgan fingerprint density at radius 3 is 2.89 bits per heavy atom. The van der Waals surface area contributed by atoms with E-state index >= 15 is 0 Å². The van der Waals surface area contributed by atoms with E-state index in [0.29, 0.717) is 19.5 Å². The molecule has 6 heteroatoms. The van der Waals surface area contributed by atoms with Crippen molar-refractivity contribution in [3.63, 3.8) is 0 Å². The van der Waals surface area contributed by atoms with Crippen LogP contribution in [0.1, 0.15) is 16.8 Å². The normalized spacial score (nSPS) is 16.8. The van der Waals surface area contributed by atoms with Crippen LogP contribution in [0.4, 0.5) is 13.2 Å². The van der Waals surface area contributed by atoms with Crippen LogP contribution in [0.2, 0.25) is 0 Å². The number of aromatic nitrogens is 2. The van der Waals surface area contributed by atoms with E-state index < -0.39 is 12.7 Å². The highest BCUT2D eigenvalue weighted by Crippen LogP contribution is 2.29. The molecule has 0 spiro atoms. The van der Waals surface area contributed by atoms with Gasteiger partial charge in [-0.15, -0.1) is 0 Å². The zero-order valence-electron chi connectivity index (χ0n) is 10.5. The number of halogens is 3. The second-order valence-electron chi connectivity index (χ2n) is 5.02. The Balaban J connectivity index is 1.94. The maximum atomic E-state index is 12.4. The van der Waals surface area contributed by atoms with Crippen molar-refractivity contribution >= 4 is 10.9 Å². The molecule has 1 aromatic heterocycles. The summed E-state index contributed by atoms with van der Waals surface area (Å²) in [4.78, 5) is 1.45. The molecule has 102 valence electrons. The van der Waals surface area contributed by atoms with Crippen molar-refractivity contribution in [2.45, 2.75) is 26.1 Å². The third-order valence-electron chi connectivity index (χ3n) is 3.58. The first-order chi connectivity index (χ1) is 8.94. The van der Waals surface area contributed by atoms with E-state index in [-0.39, 0.29) is 0 Å². The summed E-state index contributed by atoms with van der Waals surface area (Å²) in [5.74, 6) is 0. The lowest BCUT2D eigenvalue weighted by Crippen LogP contribution is -2.38. The zero-order valence-corrected chi connectivity index (χ0v) is 10.5. The lowest BCUT2D eigenvalue weighted by Gasteiger charge is -2.29. The number of hydrogen-bond donors (Lipinski definition) is 1. The minimum absolute atomic E-state index is 0.357. The minimum Gasteiger partial charge on any atom is -0.290 e. The van der Waals surface area contributed by atoms with Crippen molar-refractivity contribution in [3.8, 4) is 0 Å². The Labute approximate surface area is 108 Å². The van der Waals surface area contributed by atoms with Crippen LogP contribution in [0, 0.1) is 6.92 Å². The van der Waals surface area contributed by atoms with E-state index in [1.54, 1.807) is 0 Å². The largest absolute Gasteiger partial charge is 0.401 e. The predicted molar refractivity (Wildman–Crippen MR) is 65.9 cm³/mol. The number of nitrogens with one attached hydrogen (secondary N) is 1. The summed E-state index contributed by atoms with van der Waals surface area (Å²) in [5, 5.41) is 8.19. The highest BCUT2D eigenvalue weighted by atomic mass is 19.4. The Hall–Kier alpha value is -1.56. The standard InChI is InChI=1S/C13H14F3N3/c1-8-12-10-4-5-19(7-13(14,15)16)6-9(10)2-3-11(12)18-17-8/h2-3H,4-7H2,1H3,(H,17,18). The van der Waals surface area contributed by atoms with Gasteiger partial charge in [0, 0.05) is 24.2 Å². The molecule has 19 heavy (non-hydrogen) atoms. The molecule has 1 N–H and O–H groups in total. The molecule has 3 rings (SSSR count). The number of rotatable bonds is 1. The molecule has 0 fully saturated rings. The molecule has 0 saturated carbocycles. The van der Waals surface area contributed by atoms with Crippen LogP contribution < -0.4 is 0 Å². The topological polar surface area (TPSA) is 31.9 Å². The second kappa shape index (κ2) is 4.23. The molecule has 3 nitrogen and oxygen atoms in total. The number of H-pyrrole nitrogens is 1. The molecule has 0 radical (unpaired) electrons. The first kappa shape index (κ1) is 12.5. The molecule has 0 amide bonds. The number of benzene rings is 1. The molecule has 0 bridgehead atoms. The molecule has 0 saturated heterocycles. The van der Waals surface area contributed by atoms with Crippen LogP contribution in [0.3, 0.4) is 0 Å². The van der Waals surface area contributed by atoms with Gasteiger partial charge >= 0.3 is 6.18 Å². The number of hydrogen-bond acceptors (Lipinski definition) is 2. The summed E-state index contributed by atoms with van der Waals surface area (Å²) < 4.78 is 37.3. The maximum Gasteiger partial charge on any atom is 0.401 e. The average Bonchev–Trinajstić information content (AvgIpc) is 2.69. The number of nitrogens with zero attached hydrogens (tertiary/aromatic N) is 2. The van der Waals surface area contributed by atoms with Crippen LogP contribution in [-0.4, -0.2) is 34.4 Å². The quantitative estimate of drug-likeness (QED) is 0.863. The number of aromatic amines is 1. The average molecular weight is 269 g/mol. The van der Waals surface area contributed by atoms with Crippen LogP contribution in [0.15, 0.2) is 12.1 Å². The fourth-order valence-electron chi connectivity index (χ4n) is 2.80. The Bertz CT molecular complexity index is 615. The van der Waals surface area contributed by atoms with E-state index in [9.17, 15) is 13.2 Å². The van der Waals surface area contributed by atoms with Crippen molar-refractivity contribution in [2.24, 2.45) is 0 Å². The summed E-state index contributed by atoms with van der Waals surface area (Å²) >= 11 is 0. The number of fused-ring (bicyclic) bond motifs is 3. The lowest BCUT2D eigenvalue weighted by molar-refractivity contribution is -0.147. The summed E-state index contributed by atoms with van der Waals surface area (Å²) in [6, 6.07) is 3.76. The Morgan fingerprint density at radius 1 is 1.37 bits per heavy atom. The van der Waals surface area contributed by atoms with Gasteiger partial charge in [0.15, 0.2) is 0 Å². The van der Waals surface area contributed by atoms with E-state index in [4.69, 9.17) is 0 Å². The van der Waals surface area contributed by atoms with Gasteiger partial charge in [0.2, 0.25) is 0 Å². The third kappa shape index (κ3) is 2.32. The molecule has 1 aliphatic rings. The highest BCUT2D eigenvalue weighted by Gasteiger charge is 2.32. The molecule has 2 aromatic rings. The van der Waals surface area contributed by atoms with Crippen LogP contribution in [0.25, 0.3) is 10.9 Å². The fraction of sp³-hybridized carbons (Fsp3) is 0.462.